The molecule has 4 heteroatoms. The Hall–Kier alpha value is -1.13. The highest BCUT2D eigenvalue weighted by Gasteiger charge is 2.20. The Labute approximate surface area is 116 Å². The van der Waals surface area contributed by atoms with Crippen LogP contribution in [-0.2, 0) is 6.54 Å². The minimum atomic E-state index is -0.651. The van der Waals surface area contributed by atoms with Crippen LogP contribution in [0.2, 0.25) is 0 Å². The fourth-order valence-electron chi connectivity index (χ4n) is 2.10. The van der Waals surface area contributed by atoms with E-state index in [4.69, 9.17) is 0 Å². The third kappa shape index (κ3) is 2.35. The average molecular weight is 309 g/mol. The van der Waals surface area contributed by atoms with Gasteiger partial charge in [0, 0.05) is 6.54 Å². The predicted octanol–water partition coefficient (Wildman–Crippen LogP) is 3.36. The van der Waals surface area contributed by atoms with Crippen LogP contribution in [0.3, 0.4) is 0 Å². The second-order valence-corrected chi connectivity index (χ2v) is 5.31. The van der Waals surface area contributed by atoms with Gasteiger partial charge < -0.3 is 5.11 Å². The zero-order valence-corrected chi connectivity index (χ0v) is 12.4. The van der Waals surface area contributed by atoms with Crippen molar-refractivity contribution < 1.29 is 5.11 Å². The van der Waals surface area contributed by atoms with Gasteiger partial charge in [0.05, 0.1) is 16.4 Å². The third-order valence-electron chi connectivity index (χ3n) is 3.12. The van der Waals surface area contributed by atoms with Crippen LogP contribution in [0.4, 0.5) is 0 Å². The Kier molecular flexibility index (Phi) is 3.88. The Bertz CT molecular complexity index is 563. The second kappa shape index (κ2) is 5.24. The molecule has 1 heterocycles. The molecule has 0 amide bonds. The smallest absolute Gasteiger partial charge is 0.122 e. The zero-order valence-electron chi connectivity index (χ0n) is 10.8. The number of benzene rings is 1. The molecule has 2 aromatic rings. The number of rotatable bonds is 3. The van der Waals surface area contributed by atoms with Crippen molar-refractivity contribution in [1.29, 1.82) is 0 Å². The van der Waals surface area contributed by atoms with Gasteiger partial charge in [0.2, 0.25) is 0 Å². The summed E-state index contributed by atoms with van der Waals surface area (Å²) in [6.45, 7) is 6.79. The molecular formula is C14H17BrN2O. The maximum Gasteiger partial charge on any atom is 0.122 e. The monoisotopic (exact) mass is 308 g/mol. The van der Waals surface area contributed by atoms with Crippen LogP contribution >= 0.6 is 15.9 Å². The van der Waals surface area contributed by atoms with E-state index in [-0.39, 0.29) is 0 Å². The maximum absolute atomic E-state index is 10.6. The highest BCUT2D eigenvalue weighted by atomic mass is 79.9. The standard InChI is InChI=1S/C14H17BrN2O/c1-4-17-13(12(15)8-16-17)14(18)11-7-9(2)5-6-10(11)3/h5-8,14,18H,4H2,1-3H3. The number of aromatic nitrogens is 2. The highest BCUT2D eigenvalue weighted by molar-refractivity contribution is 9.10. The first-order chi connectivity index (χ1) is 8.54. The van der Waals surface area contributed by atoms with Crippen LogP contribution in [0, 0.1) is 13.8 Å². The molecule has 1 atom stereocenters. The van der Waals surface area contributed by atoms with Crippen LogP contribution < -0.4 is 0 Å². The van der Waals surface area contributed by atoms with Crippen molar-refractivity contribution in [3.63, 3.8) is 0 Å². The molecule has 0 aliphatic heterocycles. The van der Waals surface area contributed by atoms with Gasteiger partial charge in [-0.25, -0.2) is 0 Å². The number of aliphatic hydroxyl groups is 1. The van der Waals surface area contributed by atoms with Crippen molar-refractivity contribution in [3.05, 3.63) is 51.3 Å². The molecule has 0 saturated heterocycles. The molecule has 0 aliphatic rings. The molecule has 3 nitrogen and oxygen atoms in total. The second-order valence-electron chi connectivity index (χ2n) is 4.46. The molecule has 0 bridgehead atoms. The van der Waals surface area contributed by atoms with Crippen LogP contribution in [0.15, 0.2) is 28.9 Å². The molecule has 1 N–H and O–H groups in total. The third-order valence-corrected chi connectivity index (χ3v) is 3.73. The van der Waals surface area contributed by atoms with E-state index in [1.165, 1.54) is 0 Å². The number of hydrogen-bond acceptors (Lipinski definition) is 2. The molecule has 0 saturated carbocycles. The lowest BCUT2D eigenvalue weighted by atomic mass is 9.99. The summed E-state index contributed by atoms with van der Waals surface area (Å²) in [5.74, 6) is 0. The Balaban J connectivity index is 2.50. The Morgan fingerprint density at radius 3 is 2.78 bits per heavy atom. The summed E-state index contributed by atoms with van der Waals surface area (Å²) in [5.41, 5.74) is 3.98. The lowest BCUT2D eigenvalue weighted by Crippen LogP contribution is -2.11. The van der Waals surface area contributed by atoms with Gasteiger partial charge in [-0.05, 0) is 47.8 Å². The first-order valence-electron chi connectivity index (χ1n) is 6.01. The van der Waals surface area contributed by atoms with E-state index in [2.05, 4.69) is 27.1 Å². The fourth-order valence-corrected chi connectivity index (χ4v) is 2.61. The van der Waals surface area contributed by atoms with Gasteiger partial charge in [0.15, 0.2) is 0 Å². The van der Waals surface area contributed by atoms with E-state index >= 15 is 0 Å². The van der Waals surface area contributed by atoms with Gasteiger partial charge in [-0.15, -0.1) is 0 Å². The first-order valence-corrected chi connectivity index (χ1v) is 6.80. The Morgan fingerprint density at radius 2 is 2.11 bits per heavy atom. The van der Waals surface area contributed by atoms with Gasteiger partial charge in [-0.2, -0.15) is 5.10 Å². The molecule has 2 rings (SSSR count). The molecule has 0 radical (unpaired) electrons. The topological polar surface area (TPSA) is 38.0 Å². The van der Waals surface area contributed by atoms with E-state index in [0.717, 1.165) is 33.4 Å². The molecule has 96 valence electrons. The number of aryl methyl sites for hydroxylation is 3. The van der Waals surface area contributed by atoms with Crippen molar-refractivity contribution in [2.24, 2.45) is 0 Å². The van der Waals surface area contributed by atoms with Crippen molar-refractivity contribution in [2.45, 2.75) is 33.4 Å². The molecule has 18 heavy (non-hydrogen) atoms. The summed E-state index contributed by atoms with van der Waals surface area (Å²) in [5, 5.41) is 14.8. The highest BCUT2D eigenvalue weighted by Crippen LogP contribution is 2.30. The summed E-state index contributed by atoms with van der Waals surface area (Å²) in [7, 11) is 0. The quantitative estimate of drug-likeness (QED) is 0.944. The van der Waals surface area contributed by atoms with Crippen LogP contribution in [0.25, 0.3) is 0 Å². The van der Waals surface area contributed by atoms with E-state index in [1.807, 2.05) is 37.6 Å². The van der Waals surface area contributed by atoms with Crippen molar-refractivity contribution in [1.82, 2.24) is 9.78 Å². The number of nitrogens with zero attached hydrogens (tertiary/aromatic N) is 2. The minimum absolute atomic E-state index is 0.651. The summed E-state index contributed by atoms with van der Waals surface area (Å²) in [4.78, 5) is 0. The summed E-state index contributed by atoms with van der Waals surface area (Å²) >= 11 is 3.46. The van der Waals surface area contributed by atoms with Gasteiger partial charge in [0.1, 0.15) is 6.10 Å². The number of aliphatic hydroxyl groups excluding tert-OH is 1. The molecule has 1 aromatic carbocycles. The SMILES string of the molecule is CCn1ncc(Br)c1C(O)c1cc(C)ccc1C. The summed E-state index contributed by atoms with van der Waals surface area (Å²) < 4.78 is 2.66. The van der Waals surface area contributed by atoms with E-state index in [0.29, 0.717) is 0 Å². The molecule has 0 aliphatic carbocycles. The van der Waals surface area contributed by atoms with Crippen molar-refractivity contribution in [3.8, 4) is 0 Å². The fraction of sp³-hybridized carbons (Fsp3) is 0.357. The zero-order chi connectivity index (χ0) is 13.3. The van der Waals surface area contributed by atoms with E-state index in [9.17, 15) is 5.11 Å². The van der Waals surface area contributed by atoms with Crippen molar-refractivity contribution in [2.75, 3.05) is 0 Å². The van der Waals surface area contributed by atoms with Crippen molar-refractivity contribution >= 4 is 15.9 Å². The van der Waals surface area contributed by atoms with Gasteiger partial charge in [-0.1, -0.05) is 23.8 Å². The van der Waals surface area contributed by atoms with E-state index in [1.54, 1.807) is 6.20 Å². The number of halogens is 1. The molecule has 1 unspecified atom stereocenters. The summed E-state index contributed by atoms with van der Waals surface area (Å²) in [6.07, 6.45) is 1.08. The first kappa shape index (κ1) is 13.3. The van der Waals surface area contributed by atoms with Crippen LogP contribution in [-0.4, -0.2) is 14.9 Å². The molecule has 0 fully saturated rings. The van der Waals surface area contributed by atoms with Gasteiger partial charge >= 0.3 is 0 Å². The van der Waals surface area contributed by atoms with Gasteiger partial charge in [-0.3, -0.25) is 4.68 Å². The molecule has 0 spiro atoms. The molecular weight excluding hydrogens is 292 g/mol. The predicted molar refractivity (Wildman–Crippen MR) is 75.6 cm³/mol. The minimum Gasteiger partial charge on any atom is -0.382 e. The van der Waals surface area contributed by atoms with Crippen LogP contribution in [0.5, 0.6) is 0 Å². The maximum atomic E-state index is 10.6. The normalized spacial score (nSPS) is 12.7. The largest absolute Gasteiger partial charge is 0.382 e. The lowest BCUT2D eigenvalue weighted by molar-refractivity contribution is 0.206. The summed E-state index contributed by atoms with van der Waals surface area (Å²) in [6, 6.07) is 6.12. The van der Waals surface area contributed by atoms with Crippen LogP contribution in [0.1, 0.15) is 35.4 Å². The molecule has 1 aromatic heterocycles. The lowest BCUT2D eigenvalue weighted by Gasteiger charge is -2.16. The number of hydrogen-bond donors (Lipinski definition) is 1. The average Bonchev–Trinajstić information content (AvgIpc) is 2.72. The Morgan fingerprint density at radius 1 is 1.39 bits per heavy atom. The van der Waals surface area contributed by atoms with Gasteiger partial charge in [0.25, 0.3) is 0 Å². The van der Waals surface area contributed by atoms with E-state index < -0.39 is 6.10 Å².